The van der Waals surface area contributed by atoms with Crippen molar-refractivity contribution < 1.29 is 19.5 Å². The van der Waals surface area contributed by atoms with Crippen molar-refractivity contribution in [2.75, 3.05) is 13.1 Å². The van der Waals surface area contributed by atoms with Crippen LogP contribution < -0.4 is 0 Å². The van der Waals surface area contributed by atoms with Gasteiger partial charge in [-0.3, -0.25) is 9.59 Å². The average Bonchev–Trinajstić information content (AvgIpc) is 3.05. The topological polar surface area (TPSA) is 79.2 Å². The normalized spacial score (nSPS) is 22.1. The molecule has 0 aliphatic carbocycles. The van der Waals surface area contributed by atoms with E-state index in [1.54, 1.807) is 4.90 Å². The molecule has 2 heterocycles. The van der Waals surface area contributed by atoms with E-state index in [4.69, 9.17) is 9.94 Å². The molecule has 116 valence electrons. The fraction of sp³-hybridized carbons (Fsp3) is 0.438. The fourth-order valence-corrected chi connectivity index (χ4v) is 2.86. The molecule has 2 aliphatic rings. The molecule has 3 rings (SSSR count). The van der Waals surface area contributed by atoms with E-state index in [1.807, 2.05) is 30.3 Å². The smallest absolute Gasteiger partial charge is 0.306 e. The summed E-state index contributed by atoms with van der Waals surface area (Å²) in [5.74, 6) is -1.22. The number of nitrogens with zero attached hydrogens (tertiary/aromatic N) is 2. The molecule has 2 aliphatic heterocycles. The third-order valence-electron chi connectivity index (χ3n) is 4.21. The second-order valence-electron chi connectivity index (χ2n) is 5.64. The van der Waals surface area contributed by atoms with E-state index in [0.717, 1.165) is 11.3 Å². The second-order valence-corrected chi connectivity index (χ2v) is 5.64. The Labute approximate surface area is 128 Å². The van der Waals surface area contributed by atoms with Crippen LogP contribution in [0, 0.1) is 5.92 Å². The quantitative estimate of drug-likeness (QED) is 0.917. The third-order valence-corrected chi connectivity index (χ3v) is 4.21. The third kappa shape index (κ3) is 2.95. The average molecular weight is 302 g/mol. The number of hydrogen-bond donors (Lipinski definition) is 1. The summed E-state index contributed by atoms with van der Waals surface area (Å²) >= 11 is 0. The number of carboxylic acid groups (broad SMARTS) is 1. The lowest BCUT2D eigenvalue weighted by Gasteiger charge is -2.31. The monoisotopic (exact) mass is 302 g/mol. The van der Waals surface area contributed by atoms with Gasteiger partial charge in [0, 0.05) is 19.5 Å². The molecule has 6 nitrogen and oxygen atoms in total. The molecule has 0 saturated carbocycles. The molecule has 1 aromatic rings. The molecule has 1 fully saturated rings. The first-order valence-electron chi connectivity index (χ1n) is 7.45. The first-order valence-corrected chi connectivity index (χ1v) is 7.45. The molecule has 22 heavy (non-hydrogen) atoms. The lowest BCUT2D eigenvalue weighted by molar-refractivity contribution is -0.149. The van der Waals surface area contributed by atoms with Crippen molar-refractivity contribution in [2.24, 2.45) is 11.1 Å². The van der Waals surface area contributed by atoms with E-state index in [0.29, 0.717) is 32.4 Å². The Morgan fingerprint density at radius 2 is 1.86 bits per heavy atom. The van der Waals surface area contributed by atoms with Gasteiger partial charge in [-0.1, -0.05) is 35.5 Å². The summed E-state index contributed by atoms with van der Waals surface area (Å²) in [7, 11) is 0. The van der Waals surface area contributed by atoms with Gasteiger partial charge in [-0.2, -0.15) is 0 Å². The maximum absolute atomic E-state index is 12.4. The van der Waals surface area contributed by atoms with Crippen molar-refractivity contribution in [3.63, 3.8) is 0 Å². The van der Waals surface area contributed by atoms with E-state index in [9.17, 15) is 9.59 Å². The van der Waals surface area contributed by atoms with E-state index >= 15 is 0 Å². The zero-order valence-electron chi connectivity index (χ0n) is 12.1. The Kier molecular flexibility index (Phi) is 4.09. The molecule has 0 spiro atoms. The Balaban J connectivity index is 1.56. The molecule has 1 N–H and O–H groups in total. The molecular weight excluding hydrogens is 284 g/mol. The number of likely N-dealkylation sites (tertiary alicyclic amines) is 1. The van der Waals surface area contributed by atoms with Crippen LogP contribution in [-0.2, 0) is 14.4 Å². The van der Waals surface area contributed by atoms with E-state index in [1.165, 1.54) is 0 Å². The highest BCUT2D eigenvalue weighted by Gasteiger charge is 2.35. The van der Waals surface area contributed by atoms with E-state index < -0.39 is 12.1 Å². The largest absolute Gasteiger partial charge is 0.481 e. The Hall–Kier alpha value is -2.37. The zero-order valence-corrected chi connectivity index (χ0v) is 12.1. The van der Waals surface area contributed by atoms with Gasteiger partial charge in [0.15, 0.2) is 0 Å². The summed E-state index contributed by atoms with van der Waals surface area (Å²) in [6, 6.07) is 9.64. The Bertz CT molecular complexity index is 591. The number of amides is 1. The predicted octanol–water partition coefficient (Wildman–Crippen LogP) is 1.50. The number of carbonyl (C=O) groups excluding carboxylic acids is 1. The number of carboxylic acids is 1. The summed E-state index contributed by atoms with van der Waals surface area (Å²) in [5, 5.41) is 13.0. The van der Waals surface area contributed by atoms with Gasteiger partial charge in [0.1, 0.15) is 0 Å². The number of rotatable bonds is 3. The van der Waals surface area contributed by atoms with Crippen molar-refractivity contribution in [3.8, 4) is 0 Å². The van der Waals surface area contributed by atoms with Gasteiger partial charge in [-0.05, 0) is 18.4 Å². The molecule has 0 radical (unpaired) electrons. The molecule has 0 bridgehead atoms. The highest BCUT2D eigenvalue weighted by atomic mass is 16.6. The van der Waals surface area contributed by atoms with Gasteiger partial charge in [-0.15, -0.1) is 0 Å². The van der Waals surface area contributed by atoms with Gasteiger partial charge in [-0.25, -0.2) is 0 Å². The molecule has 1 unspecified atom stereocenters. The number of benzene rings is 1. The Morgan fingerprint density at radius 3 is 2.50 bits per heavy atom. The summed E-state index contributed by atoms with van der Waals surface area (Å²) in [5.41, 5.74) is 1.74. The van der Waals surface area contributed by atoms with Crippen LogP contribution in [0.1, 0.15) is 24.8 Å². The summed E-state index contributed by atoms with van der Waals surface area (Å²) in [6.07, 6.45) is 0.874. The van der Waals surface area contributed by atoms with Gasteiger partial charge in [0.2, 0.25) is 6.10 Å². The summed E-state index contributed by atoms with van der Waals surface area (Å²) in [6.45, 7) is 0.937. The highest BCUT2D eigenvalue weighted by Crippen LogP contribution is 2.22. The van der Waals surface area contributed by atoms with Gasteiger partial charge >= 0.3 is 5.97 Å². The lowest BCUT2D eigenvalue weighted by Crippen LogP contribution is -2.45. The fourth-order valence-electron chi connectivity index (χ4n) is 2.86. The number of carbonyl (C=O) groups is 2. The maximum atomic E-state index is 12.4. The van der Waals surface area contributed by atoms with Gasteiger partial charge in [0.05, 0.1) is 11.6 Å². The number of hydrogen-bond acceptors (Lipinski definition) is 4. The van der Waals surface area contributed by atoms with Crippen molar-refractivity contribution in [1.29, 1.82) is 0 Å². The number of oxime groups is 1. The molecular formula is C16H18N2O4. The van der Waals surface area contributed by atoms with Crippen LogP contribution >= 0.6 is 0 Å². The Morgan fingerprint density at radius 1 is 1.18 bits per heavy atom. The van der Waals surface area contributed by atoms with Crippen LogP contribution in [0.5, 0.6) is 0 Å². The molecule has 1 aromatic carbocycles. The number of piperidine rings is 1. The maximum Gasteiger partial charge on any atom is 0.306 e. The minimum absolute atomic E-state index is 0.0986. The predicted molar refractivity (Wildman–Crippen MR) is 79.4 cm³/mol. The van der Waals surface area contributed by atoms with E-state index in [2.05, 4.69) is 5.16 Å². The standard InChI is InChI=1S/C16H18N2O4/c19-15(18-8-6-12(7-9-18)16(20)21)14-10-13(17-22-14)11-4-2-1-3-5-11/h1-5,12,14H,6-10H2,(H,20,21). The summed E-state index contributed by atoms with van der Waals surface area (Å²) in [4.78, 5) is 30.4. The minimum Gasteiger partial charge on any atom is -0.481 e. The van der Waals surface area contributed by atoms with Crippen molar-refractivity contribution in [2.45, 2.75) is 25.4 Å². The lowest BCUT2D eigenvalue weighted by atomic mass is 9.96. The zero-order chi connectivity index (χ0) is 15.5. The molecule has 0 aromatic heterocycles. The van der Waals surface area contributed by atoms with Crippen LogP contribution in [0.3, 0.4) is 0 Å². The van der Waals surface area contributed by atoms with Gasteiger partial charge < -0.3 is 14.8 Å². The number of aliphatic carboxylic acids is 1. The molecule has 1 atom stereocenters. The van der Waals surface area contributed by atoms with Crippen LogP contribution in [0.4, 0.5) is 0 Å². The first kappa shape index (κ1) is 14.6. The minimum atomic E-state index is -0.779. The van der Waals surface area contributed by atoms with Crippen molar-refractivity contribution >= 4 is 17.6 Å². The second kappa shape index (κ2) is 6.17. The van der Waals surface area contributed by atoms with Crippen LogP contribution in [-0.4, -0.2) is 46.8 Å². The van der Waals surface area contributed by atoms with Crippen molar-refractivity contribution in [3.05, 3.63) is 35.9 Å². The van der Waals surface area contributed by atoms with Gasteiger partial charge in [0.25, 0.3) is 5.91 Å². The van der Waals surface area contributed by atoms with Crippen LogP contribution in [0.2, 0.25) is 0 Å². The SMILES string of the molecule is O=C(O)C1CCN(C(=O)C2CC(c3ccccc3)=NO2)CC1. The van der Waals surface area contributed by atoms with Crippen LogP contribution in [0.25, 0.3) is 0 Å². The molecule has 1 amide bonds. The first-order chi connectivity index (χ1) is 10.6. The van der Waals surface area contributed by atoms with Crippen molar-refractivity contribution in [1.82, 2.24) is 4.90 Å². The van der Waals surface area contributed by atoms with E-state index in [-0.39, 0.29) is 11.8 Å². The van der Waals surface area contributed by atoms with Crippen LogP contribution in [0.15, 0.2) is 35.5 Å². The highest BCUT2D eigenvalue weighted by molar-refractivity contribution is 6.04. The summed E-state index contributed by atoms with van der Waals surface area (Å²) < 4.78 is 0. The molecule has 1 saturated heterocycles. The molecule has 6 heteroatoms.